The van der Waals surface area contributed by atoms with Gasteiger partial charge in [-0.1, -0.05) is 95.9 Å². The van der Waals surface area contributed by atoms with Gasteiger partial charge in [0.1, 0.15) is 71.1 Å². The molecule has 12 amide bonds. The summed E-state index contributed by atoms with van der Waals surface area (Å²) in [6.45, 7) is 10.7. The molecule has 4 fully saturated rings. The number of likely N-dealkylation sites (N-methyl/N-ethyl adjacent to an activating group) is 7. The van der Waals surface area contributed by atoms with Crippen molar-refractivity contribution in [3.05, 3.63) is 82.4 Å². The molecule has 31 heteroatoms. The third-order valence-electron chi connectivity index (χ3n) is 21.8. The lowest BCUT2D eigenvalue weighted by atomic mass is 9.58. The Hall–Kier alpha value is -8.61. The fourth-order valence-electron chi connectivity index (χ4n) is 15.7. The number of amides is 12. The zero-order valence-corrected chi connectivity index (χ0v) is 65.2. The van der Waals surface area contributed by atoms with E-state index in [0.29, 0.717) is 56.2 Å². The van der Waals surface area contributed by atoms with Gasteiger partial charge >= 0.3 is 6.18 Å². The van der Waals surface area contributed by atoms with Crippen LogP contribution in [0, 0.1) is 35.8 Å². The van der Waals surface area contributed by atoms with Crippen LogP contribution in [0.4, 0.5) is 22.0 Å². The van der Waals surface area contributed by atoms with Gasteiger partial charge in [-0.25, -0.2) is 8.78 Å². The molecule has 2 bridgehead atoms. The second kappa shape index (κ2) is 37.2. The van der Waals surface area contributed by atoms with Crippen LogP contribution in [-0.4, -0.2) is 277 Å². The summed E-state index contributed by atoms with van der Waals surface area (Å²) in [6, 6.07) is -3.40. The quantitative estimate of drug-likeness (QED) is 0.120. The third-order valence-corrected chi connectivity index (χ3v) is 21.8. The molecule has 3 N–H and O–H groups in total. The number of fused-ring (bicyclic) bond motifs is 3. The fourth-order valence-corrected chi connectivity index (χ4v) is 15.7. The molecule has 2 saturated heterocycles. The van der Waals surface area contributed by atoms with E-state index in [1.54, 1.807) is 57.2 Å². The van der Waals surface area contributed by atoms with Crippen molar-refractivity contribution in [2.75, 3.05) is 102 Å². The molecule has 3 aliphatic heterocycles. The summed E-state index contributed by atoms with van der Waals surface area (Å²) in [5.41, 5.74) is -3.37. The van der Waals surface area contributed by atoms with Crippen LogP contribution in [0.5, 0.6) is 0 Å². The van der Waals surface area contributed by atoms with Crippen LogP contribution < -0.4 is 16.0 Å². The van der Waals surface area contributed by atoms with E-state index >= 15 is 37.5 Å². The first-order valence-corrected chi connectivity index (χ1v) is 37.5. The summed E-state index contributed by atoms with van der Waals surface area (Å²) >= 11 is 0. The highest BCUT2D eigenvalue weighted by atomic mass is 19.4. The molecule has 7 rings (SSSR count). The van der Waals surface area contributed by atoms with Gasteiger partial charge in [0.15, 0.2) is 0 Å². The van der Waals surface area contributed by atoms with E-state index in [1.807, 2.05) is 27.7 Å². The Morgan fingerprint density at radius 3 is 1.93 bits per heavy atom. The first-order chi connectivity index (χ1) is 50.7. The van der Waals surface area contributed by atoms with E-state index in [0.717, 1.165) is 35.0 Å². The molecule has 0 aromatic heterocycles. The SMILES string of the molecule is CCCOC[C@H]1C(=O)N[C@@H]([C@@H](C)CC)C(=O)N(C)CC(=O)N(C)[C@@H]2C/C=C\CCN(C2=O)[C@@H](Cc2ccc(C)cc2)C(=O)N(C)CC(=O)N[C@@H](CCc2cc(F)c(C(F)(F)F)c(F)c2)C(=O)N2C[C@H](OCC)C[C@H]2C(=O)NC2(CC(C)(C)C2)C(=O)N(C)[C@@H](C2CCCC2)C(=O)N(C)[C@H](C(=O)N(C)C)CC(=O)N1C. The molecule has 3 heterocycles. The molecule has 26 nitrogen and oxygen atoms in total. The molecule has 2 aromatic carbocycles. The Labute approximate surface area is 630 Å². The van der Waals surface area contributed by atoms with E-state index in [2.05, 4.69) is 16.0 Å². The normalized spacial score (nSPS) is 26.4. The molecule has 2 aromatic rings. The summed E-state index contributed by atoms with van der Waals surface area (Å²) in [7, 11) is 11.0. The first-order valence-electron chi connectivity index (χ1n) is 37.5. The Morgan fingerprint density at radius 2 is 1.34 bits per heavy atom. The van der Waals surface area contributed by atoms with Gasteiger partial charge in [0, 0.05) is 95.5 Å². The summed E-state index contributed by atoms with van der Waals surface area (Å²) in [6.07, 6.45) is -1.47. The van der Waals surface area contributed by atoms with E-state index in [9.17, 15) is 41.9 Å². The number of halogens is 5. The first kappa shape index (κ1) is 86.6. The fraction of sp³-hybridized carbons (Fsp3) is 0.662. The highest BCUT2D eigenvalue weighted by Gasteiger charge is 2.59. The van der Waals surface area contributed by atoms with Crippen LogP contribution >= 0.6 is 0 Å². The largest absolute Gasteiger partial charge is 0.422 e. The molecule has 2 saturated carbocycles. The van der Waals surface area contributed by atoms with Crippen molar-refractivity contribution in [2.45, 2.75) is 211 Å². The van der Waals surface area contributed by atoms with Gasteiger partial charge in [-0.15, -0.1) is 0 Å². The summed E-state index contributed by atoms with van der Waals surface area (Å²) in [5, 5.41) is 8.45. The number of aryl methyl sites for hydroxylation is 2. The number of rotatable bonds is 15. The summed E-state index contributed by atoms with van der Waals surface area (Å²) in [5.74, 6) is -14.3. The summed E-state index contributed by atoms with van der Waals surface area (Å²) < 4.78 is 84.1. The Morgan fingerprint density at radius 1 is 0.713 bits per heavy atom. The lowest BCUT2D eigenvalue weighted by Crippen LogP contribution is -2.71. The van der Waals surface area contributed by atoms with Crippen molar-refractivity contribution < 1.29 is 89.0 Å². The molecule has 598 valence electrons. The van der Waals surface area contributed by atoms with E-state index in [-0.39, 0.29) is 77.0 Å². The van der Waals surface area contributed by atoms with Crippen molar-refractivity contribution in [3.8, 4) is 0 Å². The molecule has 108 heavy (non-hydrogen) atoms. The lowest BCUT2D eigenvalue weighted by Gasteiger charge is -2.54. The predicted molar refractivity (Wildman–Crippen MR) is 389 cm³/mol. The van der Waals surface area contributed by atoms with Crippen LogP contribution in [-0.2, 0) is 86.0 Å². The molecule has 0 unspecified atom stereocenters. The van der Waals surface area contributed by atoms with Crippen LogP contribution in [0.15, 0.2) is 48.6 Å². The highest BCUT2D eigenvalue weighted by Crippen LogP contribution is 2.50. The summed E-state index contributed by atoms with van der Waals surface area (Å²) in [4.78, 5) is 192. The molecule has 0 radical (unpaired) electrons. The number of nitrogens with zero attached hydrogens (tertiary/aromatic N) is 9. The Bertz CT molecular complexity index is 3620. The number of hydrogen-bond acceptors (Lipinski definition) is 14. The molecular formula is C77H111F5N12O14. The van der Waals surface area contributed by atoms with Crippen LogP contribution in [0.1, 0.15) is 147 Å². The third kappa shape index (κ3) is 20.8. The number of nitrogens with one attached hydrogen (secondary N) is 3. The zero-order valence-electron chi connectivity index (χ0n) is 65.2. The van der Waals surface area contributed by atoms with E-state index < -0.39 is 204 Å². The van der Waals surface area contributed by atoms with Gasteiger partial charge in [-0.2, -0.15) is 13.2 Å². The number of carbonyl (C=O) groups excluding carboxylic acids is 12. The molecule has 1 spiro atoms. The average Bonchev–Trinajstić information content (AvgIpc) is 1.69. The second-order valence-electron chi connectivity index (χ2n) is 30.9. The minimum atomic E-state index is -5.42. The molecule has 2 aliphatic carbocycles. The monoisotopic (exact) mass is 1520 g/mol. The topological polar surface area (TPSA) is 289 Å². The number of benzene rings is 2. The van der Waals surface area contributed by atoms with Crippen LogP contribution in [0.2, 0.25) is 0 Å². The van der Waals surface area contributed by atoms with Crippen LogP contribution in [0.25, 0.3) is 0 Å². The number of carbonyl (C=O) groups is 12. The van der Waals surface area contributed by atoms with Gasteiger partial charge in [0.25, 0.3) is 0 Å². The standard InChI is InChI=1S/C77H111F5N12O14/c1-16-34-107-43-59-66(98)84-64(47(5)17-2)72(104)88(11)42-62(97)89(12)55-26-20-19-23-33-93(71(55)103)58(37-48-29-27-46(4)28-30-48)70(102)87(10)41-60(95)83-54(32-31-49-35-52(78)63(53(79)36-49)77(80,81)82)68(100)94-40-51(108-18-3)38-56(94)67(99)85-76(44-75(6,7)45-76)74(106)92(15)65(50-24-21-22-25-50)73(105)91(14)57(69(101)86(8)9)39-61(96)90(59)13/h19-20,27-30,35-36,47,50-51,54-59,64-65H,16-18,21-26,31-34,37-45H2,1-15H3,(H,83,95)(H,84,98)(H,85,99)/b20-19-/t47-,51+,54-,55+,56-,57-,58-,59-,64-,65-/m0/s1. The molecule has 10 atom stereocenters. The van der Waals surface area contributed by atoms with Gasteiger partial charge in [-0.3, -0.25) is 57.5 Å². The second-order valence-corrected chi connectivity index (χ2v) is 30.9. The molecular weight excluding hydrogens is 1410 g/mol. The van der Waals surface area contributed by atoms with Crippen molar-refractivity contribution in [3.63, 3.8) is 0 Å². The molecule has 5 aliphatic rings. The minimum absolute atomic E-state index is 0.0193. The predicted octanol–water partition coefficient (Wildman–Crippen LogP) is 5.04. The highest BCUT2D eigenvalue weighted by molar-refractivity contribution is 6.01. The van der Waals surface area contributed by atoms with Crippen molar-refractivity contribution >= 4 is 70.9 Å². The van der Waals surface area contributed by atoms with Gasteiger partial charge in [-0.05, 0) is 112 Å². The Balaban J connectivity index is 1.36. The average molecular weight is 1520 g/mol. The van der Waals surface area contributed by atoms with Gasteiger partial charge < -0.3 is 69.5 Å². The van der Waals surface area contributed by atoms with Crippen molar-refractivity contribution in [1.82, 2.24) is 60.0 Å². The maximum Gasteiger partial charge on any atom is 0.422 e. The Kier molecular flexibility index (Phi) is 29.8. The maximum absolute atomic E-state index is 15.8. The van der Waals surface area contributed by atoms with Crippen LogP contribution in [0.3, 0.4) is 0 Å². The smallest absolute Gasteiger partial charge is 0.379 e. The number of ether oxygens (including phenoxy) is 2. The van der Waals surface area contributed by atoms with Gasteiger partial charge in [0.2, 0.25) is 70.9 Å². The lowest BCUT2D eigenvalue weighted by molar-refractivity contribution is -0.161. The van der Waals surface area contributed by atoms with E-state index in [1.165, 1.54) is 71.1 Å². The van der Waals surface area contributed by atoms with E-state index in [4.69, 9.17) is 9.47 Å². The maximum atomic E-state index is 15.8. The minimum Gasteiger partial charge on any atom is -0.379 e. The number of alkyl halides is 3. The van der Waals surface area contributed by atoms with Crippen molar-refractivity contribution in [1.29, 1.82) is 0 Å². The number of hydrogen-bond donors (Lipinski definition) is 3. The zero-order chi connectivity index (χ0) is 80.2. The van der Waals surface area contributed by atoms with Crippen molar-refractivity contribution in [2.24, 2.45) is 17.3 Å². The van der Waals surface area contributed by atoms with Gasteiger partial charge in [0.05, 0.1) is 32.2 Å².